The van der Waals surface area contributed by atoms with E-state index >= 15 is 0 Å². The van der Waals surface area contributed by atoms with E-state index in [1.54, 1.807) is 12.1 Å². The number of benzene rings is 1. The van der Waals surface area contributed by atoms with Crippen molar-refractivity contribution in [2.24, 2.45) is 17.6 Å². The van der Waals surface area contributed by atoms with Crippen LogP contribution in [-0.4, -0.2) is 12.5 Å². The third-order valence-corrected chi connectivity index (χ3v) is 3.93. The fourth-order valence-electron chi connectivity index (χ4n) is 2.62. The fourth-order valence-corrected chi connectivity index (χ4v) is 2.62. The zero-order chi connectivity index (χ0) is 13.8. The van der Waals surface area contributed by atoms with Gasteiger partial charge in [-0.2, -0.15) is 0 Å². The van der Waals surface area contributed by atoms with Crippen LogP contribution in [0.1, 0.15) is 31.2 Å². The molecule has 0 heterocycles. The second-order valence-electron chi connectivity index (χ2n) is 5.43. The van der Waals surface area contributed by atoms with Gasteiger partial charge in [-0.1, -0.05) is 6.07 Å². The highest BCUT2D eigenvalue weighted by Crippen LogP contribution is 2.29. The molecule has 3 nitrogen and oxygen atoms in total. The summed E-state index contributed by atoms with van der Waals surface area (Å²) >= 11 is 0. The lowest BCUT2D eigenvalue weighted by Crippen LogP contribution is -2.29. The largest absolute Gasteiger partial charge is 0.330 e. The van der Waals surface area contributed by atoms with Crippen molar-refractivity contribution in [3.05, 3.63) is 29.6 Å². The summed E-state index contributed by atoms with van der Waals surface area (Å²) in [5, 5.41) is 2.69. The highest BCUT2D eigenvalue weighted by molar-refractivity contribution is 5.92. The number of nitrogens with one attached hydrogen (secondary N) is 1. The molecule has 2 rings (SSSR count). The second kappa shape index (κ2) is 6.15. The molecule has 3 N–H and O–H groups in total. The van der Waals surface area contributed by atoms with E-state index in [0.717, 1.165) is 31.2 Å². The summed E-state index contributed by atoms with van der Waals surface area (Å²) < 4.78 is 13.7. The van der Waals surface area contributed by atoms with Crippen LogP contribution >= 0.6 is 0 Å². The molecule has 0 bridgehead atoms. The van der Waals surface area contributed by atoms with Crippen molar-refractivity contribution in [2.45, 2.75) is 32.6 Å². The quantitative estimate of drug-likeness (QED) is 0.882. The molecule has 104 valence electrons. The normalized spacial score (nSPS) is 23.1. The molecule has 1 aromatic rings. The summed E-state index contributed by atoms with van der Waals surface area (Å²) in [5.41, 5.74) is 6.75. The molecule has 1 aliphatic carbocycles. The van der Waals surface area contributed by atoms with Crippen LogP contribution in [0.4, 0.5) is 10.1 Å². The Labute approximate surface area is 113 Å². The Morgan fingerprint density at radius 2 is 2.05 bits per heavy atom. The lowest BCUT2D eigenvalue weighted by atomic mass is 9.81. The zero-order valence-corrected chi connectivity index (χ0v) is 11.3. The average molecular weight is 264 g/mol. The maximum absolute atomic E-state index is 13.7. The van der Waals surface area contributed by atoms with Crippen molar-refractivity contribution in [1.29, 1.82) is 0 Å². The van der Waals surface area contributed by atoms with E-state index in [4.69, 9.17) is 5.73 Å². The van der Waals surface area contributed by atoms with Gasteiger partial charge >= 0.3 is 0 Å². The number of carbonyl (C=O) groups is 1. The van der Waals surface area contributed by atoms with E-state index in [0.29, 0.717) is 12.5 Å². The van der Waals surface area contributed by atoms with Gasteiger partial charge in [-0.3, -0.25) is 4.79 Å². The molecule has 4 heteroatoms. The minimum Gasteiger partial charge on any atom is -0.330 e. The number of anilines is 1. The highest BCUT2D eigenvalue weighted by Gasteiger charge is 2.26. The van der Waals surface area contributed by atoms with Gasteiger partial charge in [-0.15, -0.1) is 0 Å². The number of halogens is 1. The molecular weight excluding hydrogens is 243 g/mol. The van der Waals surface area contributed by atoms with Gasteiger partial charge in [0.25, 0.3) is 0 Å². The molecule has 0 spiro atoms. The van der Waals surface area contributed by atoms with Gasteiger partial charge in [0, 0.05) is 5.92 Å². The van der Waals surface area contributed by atoms with Crippen molar-refractivity contribution in [3.8, 4) is 0 Å². The Morgan fingerprint density at radius 3 is 2.63 bits per heavy atom. The molecule has 0 unspecified atom stereocenters. The predicted molar refractivity (Wildman–Crippen MR) is 74.3 cm³/mol. The summed E-state index contributed by atoms with van der Waals surface area (Å²) in [4.78, 5) is 12.1. The van der Waals surface area contributed by atoms with Gasteiger partial charge in [0.05, 0.1) is 5.69 Å². The van der Waals surface area contributed by atoms with E-state index in [2.05, 4.69) is 5.32 Å². The summed E-state index contributed by atoms with van der Waals surface area (Å²) in [5.74, 6) is 0.0888. The number of aryl methyl sites for hydroxylation is 1. The van der Waals surface area contributed by atoms with E-state index < -0.39 is 0 Å². The number of carbonyl (C=O) groups excluding carboxylic acids is 1. The maximum Gasteiger partial charge on any atom is 0.227 e. The maximum atomic E-state index is 13.7. The average Bonchev–Trinajstić information content (AvgIpc) is 2.42. The molecule has 0 radical (unpaired) electrons. The van der Waals surface area contributed by atoms with Gasteiger partial charge in [0.15, 0.2) is 0 Å². The van der Waals surface area contributed by atoms with Crippen molar-refractivity contribution >= 4 is 11.6 Å². The number of rotatable bonds is 3. The Morgan fingerprint density at radius 1 is 1.37 bits per heavy atom. The molecule has 0 saturated heterocycles. The molecule has 1 amide bonds. The first kappa shape index (κ1) is 14.0. The van der Waals surface area contributed by atoms with Crippen LogP contribution in [0.15, 0.2) is 18.2 Å². The minimum atomic E-state index is -0.371. The van der Waals surface area contributed by atoms with Crippen molar-refractivity contribution in [2.75, 3.05) is 11.9 Å². The molecule has 0 aliphatic heterocycles. The van der Waals surface area contributed by atoms with Gasteiger partial charge in [-0.25, -0.2) is 4.39 Å². The van der Waals surface area contributed by atoms with E-state index in [9.17, 15) is 9.18 Å². The van der Waals surface area contributed by atoms with Crippen molar-refractivity contribution < 1.29 is 9.18 Å². The van der Waals surface area contributed by atoms with Crippen LogP contribution < -0.4 is 11.1 Å². The predicted octanol–water partition coefficient (Wildman–Crippen LogP) is 2.84. The smallest absolute Gasteiger partial charge is 0.227 e. The third kappa shape index (κ3) is 3.53. The molecule has 1 saturated carbocycles. The lowest BCUT2D eigenvalue weighted by Gasteiger charge is -2.26. The molecule has 1 fully saturated rings. The van der Waals surface area contributed by atoms with E-state index in [1.807, 2.05) is 6.92 Å². The first-order chi connectivity index (χ1) is 9.10. The summed E-state index contributed by atoms with van der Waals surface area (Å²) in [7, 11) is 0. The molecule has 1 aliphatic rings. The van der Waals surface area contributed by atoms with Gasteiger partial charge in [0.1, 0.15) is 5.82 Å². The topological polar surface area (TPSA) is 55.1 Å². The fraction of sp³-hybridized carbons (Fsp3) is 0.533. The van der Waals surface area contributed by atoms with Gasteiger partial charge in [-0.05, 0) is 62.8 Å². The molecule has 0 aromatic heterocycles. The van der Waals surface area contributed by atoms with Crippen LogP contribution in [0.2, 0.25) is 0 Å². The Balaban J connectivity index is 1.94. The van der Waals surface area contributed by atoms with Crippen molar-refractivity contribution in [3.63, 3.8) is 0 Å². The summed E-state index contributed by atoms with van der Waals surface area (Å²) in [6.07, 6.45) is 3.68. The Kier molecular flexibility index (Phi) is 4.53. The summed E-state index contributed by atoms with van der Waals surface area (Å²) in [6.45, 7) is 2.52. The first-order valence-corrected chi connectivity index (χ1v) is 6.87. The number of hydrogen-bond acceptors (Lipinski definition) is 2. The van der Waals surface area contributed by atoms with Gasteiger partial charge in [0.2, 0.25) is 5.91 Å². The van der Waals surface area contributed by atoms with E-state index in [-0.39, 0.29) is 23.3 Å². The Hall–Kier alpha value is -1.42. The standard InChI is InChI=1S/C15H21FN2O/c1-10-2-7-14(13(16)8-10)18-15(19)12-5-3-11(9-17)4-6-12/h2,7-8,11-12H,3-6,9,17H2,1H3,(H,18,19). The van der Waals surface area contributed by atoms with Crippen LogP contribution in [0, 0.1) is 24.6 Å². The van der Waals surface area contributed by atoms with Crippen LogP contribution in [-0.2, 0) is 4.79 Å². The number of nitrogens with two attached hydrogens (primary N) is 1. The third-order valence-electron chi connectivity index (χ3n) is 3.93. The first-order valence-electron chi connectivity index (χ1n) is 6.87. The minimum absolute atomic E-state index is 0.0106. The SMILES string of the molecule is Cc1ccc(NC(=O)C2CCC(CN)CC2)c(F)c1. The van der Waals surface area contributed by atoms with Crippen LogP contribution in [0.25, 0.3) is 0 Å². The zero-order valence-electron chi connectivity index (χ0n) is 11.3. The molecular formula is C15H21FN2O. The number of hydrogen-bond donors (Lipinski definition) is 2. The molecule has 0 atom stereocenters. The van der Waals surface area contributed by atoms with E-state index in [1.165, 1.54) is 6.07 Å². The lowest BCUT2D eigenvalue weighted by molar-refractivity contribution is -0.121. The van der Waals surface area contributed by atoms with Crippen LogP contribution in [0.3, 0.4) is 0 Å². The Bertz CT molecular complexity index is 453. The monoisotopic (exact) mass is 264 g/mol. The van der Waals surface area contributed by atoms with Crippen molar-refractivity contribution in [1.82, 2.24) is 0 Å². The highest BCUT2D eigenvalue weighted by atomic mass is 19.1. The second-order valence-corrected chi connectivity index (χ2v) is 5.43. The summed E-state index contributed by atoms with van der Waals surface area (Å²) in [6, 6.07) is 4.85. The van der Waals surface area contributed by atoms with Crippen LogP contribution in [0.5, 0.6) is 0 Å². The number of amides is 1. The van der Waals surface area contributed by atoms with Gasteiger partial charge < -0.3 is 11.1 Å². The molecule has 19 heavy (non-hydrogen) atoms. The molecule has 1 aromatic carbocycles.